The van der Waals surface area contributed by atoms with Crippen LogP contribution in [0.4, 0.5) is 0 Å². The van der Waals surface area contributed by atoms with Gasteiger partial charge in [-0.25, -0.2) is 4.98 Å². The number of halogens is 2. The molecule has 1 aliphatic rings. The summed E-state index contributed by atoms with van der Waals surface area (Å²) in [6, 6.07) is 5.79. The van der Waals surface area contributed by atoms with Crippen molar-refractivity contribution in [3.05, 3.63) is 35.0 Å². The van der Waals surface area contributed by atoms with Gasteiger partial charge in [0.25, 0.3) is 5.91 Å². The Hall–Kier alpha value is -1.17. The maximum absolute atomic E-state index is 11.1. The van der Waals surface area contributed by atoms with E-state index in [1.165, 1.54) is 11.8 Å². The van der Waals surface area contributed by atoms with Gasteiger partial charge in [0.2, 0.25) is 0 Å². The highest BCUT2D eigenvalue weighted by molar-refractivity contribution is 8.04. The molecule has 0 aliphatic carbocycles. The quantitative estimate of drug-likeness (QED) is 0.875. The van der Waals surface area contributed by atoms with E-state index < -0.39 is 5.91 Å². The fourth-order valence-corrected chi connectivity index (χ4v) is 2.55. The largest absolute Gasteiger partial charge is 0.365 e. The Kier molecular flexibility index (Phi) is 4.08. The van der Waals surface area contributed by atoms with Crippen LogP contribution in [0.5, 0.6) is 0 Å². The maximum atomic E-state index is 11.1. The van der Waals surface area contributed by atoms with Gasteiger partial charge >= 0.3 is 0 Å². The van der Waals surface area contributed by atoms with Crippen LogP contribution in [0.25, 0.3) is 11.7 Å². The van der Waals surface area contributed by atoms with Crippen LogP contribution in [0.1, 0.15) is 5.69 Å². The van der Waals surface area contributed by atoms with Crippen molar-refractivity contribution in [3.8, 4) is 0 Å². The zero-order valence-corrected chi connectivity index (χ0v) is 10.9. The van der Waals surface area contributed by atoms with Crippen LogP contribution in [-0.4, -0.2) is 15.3 Å². The minimum Gasteiger partial charge on any atom is -0.365 e. The van der Waals surface area contributed by atoms with Gasteiger partial charge in [-0.1, -0.05) is 17.8 Å². The second-order valence-electron chi connectivity index (χ2n) is 3.22. The molecule has 0 bridgehead atoms. The van der Waals surface area contributed by atoms with Gasteiger partial charge in [0, 0.05) is 0 Å². The zero-order chi connectivity index (χ0) is 10.4. The van der Waals surface area contributed by atoms with Crippen molar-refractivity contribution in [3.63, 3.8) is 0 Å². The van der Waals surface area contributed by atoms with Crippen LogP contribution in [0, 0.1) is 0 Å². The number of amides is 1. The van der Waals surface area contributed by atoms with Crippen LogP contribution >= 0.6 is 36.6 Å². The van der Waals surface area contributed by atoms with Gasteiger partial charge in [-0.3, -0.25) is 9.20 Å². The van der Waals surface area contributed by atoms with E-state index in [-0.39, 0.29) is 24.8 Å². The molecule has 4 nitrogen and oxygen atoms in total. The van der Waals surface area contributed by atoms with Crippen molar-refractivity contribution in [2.75, 3.05) is 0 Å². The average molecular weight is 290 g/mol. The molecule has 90 valence electrons. The summed E-state index contributed by atoms with van der Waals surface area (Å²) in [5, 5.41) is 0.969. The summed E-state index contributed by atoms with van der Waals surface area (Å²) in [4.78, 5) is 15.9. The number of thioether (sulfide) groups is 1. The molecular formula is C10H9Cl2N3OS. The van der Waals surface area contributed by atoms with Crippen molar-refractivity contribution in [2.24, 2.45) is 5.73 Å². The molecule has 0 radical (unpaired) electrons. The smallest absolute Gasteiger partial charge is 0.255 e. The van der Waals surface area contributed by atoms with E-state index >= 15 is 0 Å². The van der Waals surface area contributed by atoms with Crippen LogP contribution in [0.15, 0.2) is 34.3 Å². The highest BCUT2D eigenvalue weighted by atomic mass is 35.5. The molecule has 1 amide bonds. The van der Waals surface area contributed by atoms with Crippen LogP contribution in [0.3, 0.4) is 0 Å². The molecule has 2 aromatic rings. The Morgan fingerprint density at radius 2 is 2.12 bits per heavy atom. The van der Waals surface area contributed by atoms with Crippen LogP contribution in [0.2, 0.25) is 0 Å². The number of rotatable bonds is 1. The summed E-state index contributed by atoms with van der Waals surface area (Å²) >= 11 is 1.37. The van der Waals surface area contributed by atoms with Gasteiger partial charge in [0.05, 0.1) is 21.8 Å². The lowest BCUT2D eigenvalue weighted by Gasteiger charge is -2.12. The van der Waals surface area contributed by atoms with Crippen molar-refractivity contribution in [1.29, 1.82) is 0 Å². The average Bonchev–Trinajstić information content (AvgIpc) is 2.64. The fraction of sp³-hybridized carbons (Fsp3) is 0. The monoisotopic (exact) mass is 289 g/mol. The van der Waals surface area contributed by atoms with E-state index in [9.17, 15) is 4.79 Å². The molecule has 0 saturated heterocycles. The molecule has 2 aromatic heterocycles. The van der Waals surface area contributed by atoms with E-state index in [0.717, 1.165) is 16.4 Å². The number of pyridine rings is 1. The molecule has 3 rings (SSSR count). The van der Waals surface area contributed by atoms with Gasteiger partial charge in [-0.2, -0.15) is 0 Å². The predicted molar refractivity (Wildman–Crippen MR) is 72.7 cm³/mol. The highest BCUT2D eigenvalue weighted by Gasteiger charge is 2.17. The van der Waals surface area contributed by atoms with E-state index in [2.05, 4.69) is 4.98 Å². The lowest BCUT2D eigenvalue weighted by Crippen LogP contribution is -2.14. The third-order valence-electron chi connectivity index (χ3n) is 2.26. The number of aromatic nitrogens is 2. The minimum atomic E-state index is -0.399. The Morgan fingerprint density at radius 3 is 2.82 bits per heavy atom. The number of carbonyl (C=O) groups is 1. The summed E-state index contributed by atoms with van der Waals surface area (Å²) in [6.07, 6.45) is 3.50. The van der Waals surface area contributed by atoms with Gasteiger partial charge in [0.15, 0.2) is 0 Å². The Morgan fingerprint density at radius 1 is 1.35 bits per heavy atom. The zero-order valence-electron chi connectivity index (χ0n) is 8.49. The number of carbonyl (C=O) groups excluding carboxylic acids is 1. The Labute approximate surface area is 114 Å². The predicted octanol–water partition coefficient (Wildman–Crippen LogP) is 2.11. The lowest BCUT2D eigenvalue weighted by molar-refractivity contribution is -0.113. The van der Waals surface area contributed by atoms with Crippen LogP contribution in [-0.2, 0) is 4.79 Å². The molecule has 0 saturated carbocycles. The number of nitrogens with two attached hydrogens (primary N) is 1. The molecule has 3 heterocycles. The first-order valence-electron chi connectivity index (χ1n) is 4.41. The molecule has 17 heavy (non-hydrogen) atoms. The number of imidazole rings is 1. The molecule has 1 aliphatic heterocycles. The SMILES string of the molecule is Cl.Cl.NC(=O)C1=Cc2cnc3cccc(n23)S1. The molecule has 0 aromatic carbocycles. The third kappa shape index (κ3) is 2.13. The van der Waals surface area contributed by atoms with E-state index in [1.54, 1.807) is 12.3 Å². The van der Waals surface area contributed by atoms with Crippen molar-refractivity contribution >= 4 is 54.2 Å². The van der Waals surface area contributed by atoms with Gasteiger partial charge in [-0.05, 0) is 18.2 Å². The fourth-order valence-electron chi connectivity index (χ4n) is 1.61. The van der Waals surface area contributed by atoms with Crippen LogP contribution < -0.4 is 5.73 Å². The Bertz CT molecular complexity index is 609. The maximum Gasteiger partial charge on any atom is 0.255 e. The third-order valence-corrected chi connectivity index (χ3v) is 3.32. The Balaban J connectivity index is 0.000000722. The van der Waals surface area contributed by atoms with Crippen molar-refractivity contribution in [2.45, 2.75) is 5.03 Å². The number of hydrogen-bond donors (Lipinski definition) is 1. The molecule has 0 spiro atoms. The van der Waals surface area contributed by atoms with E-state index in [4.69, 9.17) is 5.73 Å². The lowest BCUT2D eigenvalue weighted by atomic mass is 10.3. The number of nitrogens with zero attached hydrogens (tertiary/aromatic N) is 2. The van der Waals surface area contributed by atoms with Crippen molar-refractivity contribution in [1.82, 2.24) is 9.38 Å². The first-order chi connectivity index (χ1) is 7.25. The molecule has 0 unspecified atom stereocenters. The van der Waals surface area contributed by atoms with Gasteiger partial charge < -0.3 is 5.73 Å². The first kappa shape index (κ1) is 13.9. The summed E-state index contributed by atoms with van der Waals surface area (Å²) in [5.41, 5.74) is 7.04. The summed E-state index contributed by atoms with van der Waals surface area (Å²) in [6.45, 7) is 0. The molecule has 0 fully saturated rings. The topological polar surface area (TPSA) is 60.4 Å². The summed E-state index contributed by atoms with van der Waals surface area (Å²) < 4.78 is 2.00. The normalized spacial score (nSPS) is 12.4. The first-order valence-corrected chi connectivity index (χ1v) is 5.23. The van der Waals surface area contributed by atoms with E-state index in [0.29, 0.717) is 4.91 Å². The highest BCUT2D eigenvalue weighted by Crippen LogP contribution is 2.33. The van der Waals surface area contributed by atoms with Gasteiger partial charge in [-0.15, -0.1) is 24.8 Å². The summed E-state index contributed by atoms with van der Waals surface area (Å²) in [5.74, 6) is -0.399. The van der Waals surface area contributed by atoms with E-state index in [1.807, 2.05) is 22.6 Å². The number of hydrogen-bond acceptors (Lipinski definition) is 3. The standard InChI is InChI=1S/C10H7N3OS.2ClH/c11-10(14)7-4-6-5-12-8-2-1-3-9(15-7)13(6)8;;/h1-5H,(H2,11,14);2*1H. The molecule has 2 N–H and O–H groups in total. The second-order valence-corrected chi connectivity index (χ2v) is 4.28. The molecular weight excluding hydrogens is 281 g/mol. The molecule has 0 atom stereocenters. The minimum absolute atomic E-state index is 0. The summed E-state index contributed by atoms with van der Waals surface area (Å²) in [7, 11) is 0. The number of primary amides is 1. The molecule has 7 heteroatoms. The second kappa shape index (κ2) is 5.00. The van der Waals surface area contributed by atoms with Gasteiger partial charge in [0.1, 0.15) is 5.65 Å². The van der Waals surface area contributed by atoms with Crippen molar-refractivity contribution < 1.29 is 4.79 Å².